The van der Waals surface area contributed by atoms with Gasteiger partial charge in [0.05, 0.1) is 25.3 Å². The molecular weight excluding hydrogens is 290 g/mol. The number of hydrogen-bond acceptors (Lipinski definition) is 6. The number of carbonyl (C=O) groups excluding carboxylic acids is 3. The number of amides is 2. The molecule has 22 heavy (non-hydrogen) atoms. The zero-order valence-corrected chi connectivity index (χ0v) is 12.4. The Morgan fingerprint density at radius 1 is 1.18 bits per heavy atom. The Kier molecular flexibility index (Phi) is 4.40. The van der Waals surface area contributed by atoms with Gasteiger partial charge in [0.2, 0.25) is 11.9 Å². The van der Waals surface area contributed by atoms with E-state index >= 15 is 0 Å². The number of methoxy groups -OCH3 is 2. The predicted molar refractivity (Wildman–Crippen MR) is 77.7 cm³/mol. The molecule has 0 spiro atoms. The lowest BCUT2D eigenvalue weighted by Gasteiger charge is -2.18. The van der Waals surface area contributed by atoms with Gasteiger partial charge in [-0.1, -0.05) is 19.1 Å². The standard InChI is InChI=1S/C14H15N3O5/c1-4-11(18)17(14(20)22-3)12-15-9-7-5-6-8-10(9)16(12)13(19)21-2/h5-8H,4H2,1-3H3. The van der Waals surface area contributed by atoms with Gasteiger partial charge in [-0.25, -0.2) is 19.1 Å². The van der Waals surface area contributed by atoms with Crippen LogP contribution >= 0.6 is 0 Å². The number of ether oxygens (including phenoxy) is 2. The van der Waals surface area contributed by atoms with E-state index in [1.807, 2.05) is 0 Å². The van der Waals surface area contributed by atoms with Crippen molar-refractivity contribution in [1.82, 2.24) is 9.55 Å². The van der Waals surface area contributed by atoms with Crippen LogP contribution in [0.25, 0.3) is 11.0 Å². The quantitative estimate of drug-likeness (QED) is 0.844. The molecule has 1 aromatic heterocycles. The van der Waals surface area contributed by atoms with Crippen molar-refractivity contribution in [2.75, 3.05) is 19.1 Å². The second-order valence-electron chi connectivity index (χ2n) is 4.26. The SMILES string of the molecule is CCC(=O)N(C(=O)OC)c1nc2ccccc2n1C(=O)OC. The maximum atomic E-state index is 12.1. The average Bonchev–Trinajstić information content (AvgIpc) is 2.92. The van der Waals surface area contributed by atoms with E-state index < -0.39 is 18.1 Å². The number of anilines is 1. The fraction of sp³-hybridized carbons (Fsp3) is 0.286. The first-order valence-electron chi connectivity index (χ1n) is 6.51. The fourth-order valence-electron chi connectivity index (χ4n) is 1.98. The topological polar surface area (TPSA) is 90.7 Å². The van der Waals surface area contributed by atoms with Crippen LogP contribution in [-0.2, 0) is 14.3 Å². The molecule has 0 saturated carbocycles. The van der Waals surface area contributed by atoms with E-state index in [4.69, 9.17) is 4.74 Å². The summed E-state index contributed by atoms with van der Waals surface area (Å²) in [5.74, 6) is -0.709. The molecule has 0 unspecified atom stereocenters. The highest BCUT2D eigenvalue weighted by molar-refractivity contribution is 6.12. The Morgan fingerprint density at radius 3 is 2.45 bits per heavy atom. The zero-order valence-electron chi connectivity index (χ0n) is 12.4. The average molecular weight is 305 g/mol. The summed E-state index contributed by atoms with van der Waals surface area (Å²) in [5, 5.41) is 0. The van der Waals surface area contributed by atoms with Crippen molar-refractivity contribution < 1.29 is 23.9 Å². The number of benzene rings is 1. The molecule has 2 rings (SSSR count). The van der Waals surface area contributed by atoms with Crippen LogP contribution in [0.4, 0.5) is 15.5 Å². The molecule has 2 aromatic rings. The van der Waals surface area contributed by atoms with Crippen LogP contribution in [-0.4, -0.2) is 41.9 Å². The maximum absolute atomic E-state index is 12.1. The van der Waals surface area contributed by atoms with Crippen molar-refractivity contribution in [3.8, 4) is 0 Å². The number of hydrogen-bond donors (Lipinski definition) is 0. The smallest absolute Gasteiger partial charge is 0.423 e. The van der Waals surface area contributed by atoms with Gasteiger partial charge in [0.1, 0.15) is 0 Å². The third-order valence-corrected chi connectivity index (χ3v) is 3.01. The Morgan fingerprint density at radius 2 is 1.86 bits per heavy atom. The summed E-state index contributed by atoms with van der Waals surface area (Å²) >= 11 is 0. The Bertz CT molecular complexity index is 721. The highest BCUT2D eigenvalue weighted by Gasteiger charge is 2.31. The predicted octanol–water partition coefficient (Wildman–Crippen LogP) is 2.16. The van der Waals surface area contributed by atoms with E-state index in [1.165, 1.54) is 7.11 Å². The van der Waals surface area contributed by atoms with E-state index in [1.54, 1.807) is 31.2 Å². The highest BCUT2D eigenvalue weighted by Crippen LogP contribution is 2.24. The van der Waals surface area contributed by atoms with Gasteiger partial charge in [-0.3, -0.25) is 4.79 Å². The van der Waals surface area contributed by atoms with Crippen LogP contribution in [0.5, 0.6) is 0 Å². The molecule has 2 amide bonds. The first-order valence-corrected chi connectivity index (χ1v) is 6.51. The van der Waals surface area contributed by atoms with Crippen LogP contribution < -0.4 is 4.90 Å². The fourth-order valence-corrected chi connectivity index (χ4v) is 1.98. The summed E-state index contributed by atoms with van der Waals surface area (Å²) in [7, 11) is 2.34. The molecule has 8 nitrogen and oxygen atoms in total. The van der Waals surface area contributed by atoms with E-state index in [0.29, 0.717) is 11.0 Å². The van der Waals surface area contributed by atoms with Crippen LogP contribution in [0.1, 0.15) is 13.3 Å². The van der Waals surface area contributed by atoms with Crippen molar-refractivity contribution in [2.45, 2.75) is 13.3 Å². The number of carbonyl (C=O) groups is 3. The van der Waals surface area contributed by atoms with Crippen LogP contribution in [0.2, 0.25) is 0 Å². The lowest BCUT2D eigenvalue weighted by molar-refractivity contribution is -0.117. The monoisotopic (exact) mass is 305 g/mol. The second kappa shape index (κ2) is 6.25. The molecule has 0 aliphatic heterocycles. The maximum Gasteiger partial charge on any atom is 0.423 e. The Hall–Kier alpha value is -2.90. The number of rotatable bonds is 2. The van der Waals surface area contributed by atoms with Crippen LogP contribution in [0.3, 0.4) is 0 Å². The number of imidazole rings is 1. The minimum atomic E-state index is -0.924. The minimum absolute atomic E-state index is 0.0411. The molecule has 1 aromatic carbocycles. The molecule has 116 valence electrons. The molecule has 0 radical (unpaired) electrons. The molecule has 1 heterocycles. The number of nitrogens with zero attached hydrogens (tertiary/aromatic N) is 3. The van der Waals surface area contributed by atoms with Gasteiger partial charge in [0.15, 0.2) is 0 Å². The van der Waals surface area contributed by atoms with Gasteiger partial charge in [-0.2, -0.15) is 4.90 Å². The molecule has 0 aliphatic carbocycles. The van der Waals surface area contributed by atoms with Crippen LogP contribution in [0, 0.1) is 0 Å². The third-order valence-electron chi connectivity index (χ3n) is 3.01. The number of imide groups is 1. The van der Waals surface area contributed by atoms with Gasteiger partial charge in [0.25, 0.3) is 0 Å². The molecule has 0 saturated heterocycles. The van der Waals surface area contributed by atoms with E-state index in [0.717, 1.165) is 16.6 Å². The van der Waals surface area contributed by atoms with E-state index in [2.05, 4.69) is 9.72 Å². The Balaban J connectivity index is 2.73. The van der Waals surface area contributed by atoms with Gasteiger partial charge >= 0.3 is 12.2 Å². The molecule has 0 bridgehead atoms. The lowest BCUT2D eigenvalue weighted by Crippen LogP contribution is -2.39. The zero-order chi connectivity index (χ0) is 16.3. The Labute approximate surface area is 126 Å². The summed E-state index contributed by atoms with van der Waals surface area (Å²) in [5.41, 5.74) is 0.864. The first-order chi connectivity index (χ1) is 10.5. The van der Waals surface area contributed by atoms with E-state index in [-0.39, 0.29) is 12.4 Å². The lowest BCUT2D eigenvalue weighted by atomic mass is 10.3. The summed E-state index contributed by atoms with van der Waals surface area (Å²) in [6.45, 7) is 1.59. The summed E-state index contributed by atoms with van der Waals surface area (Å²) in [6, 6.07) is 6.72. The van der Waals surface area contributed by atoms with Crippen molar-refractivity contribution >= 4 is 35.1 Å². The molecular formula is C14H15N3O5. The van der Waals surface area contributed by atoms with Gasteiger partial charge < -0.3 is 9.47 Å². The molecule has 8 heteroatoms. The van der Waals surface area contributed by atoms with Crippen molar-refractivity contribution in [2.24, 2.45) is 0 Å². The first kappa shape index (κ1) is 15.5. The van der Waals surface area contributed by atoms with Crippen LogP contribution in [0.15, 0.2) is 24.3 Å². The summed E-state index contributed by atoms with van der Waals surface area (Å²) in [6.07, 6.45) is -1.65. The molecule has 0 fully saturated rings. The van der Waals surface area contributed by atoms with Gasteiger partial charge in [-0.05, 0) is 12.1 Å². The number of aromatic nitrogens is 2. The van der Waals surface area contributed by atoms with Crippen molar-refractivity contribution in [3.63, 3.8) is 0 Å². The largest absolute Gasteiger partial charge is 0.452 e. The molecule has 0 atom stereocenters. The second-order valence-corrected chi connectivity index (χ2v) is 4.26. The van der Waals surface area contributed by atoms with Gasteiger partial charge in [0, 0.05) is 6.42 Å². The van der Waals surface area contributed by atoms with E-state index in [9.17, 15) is 14.4 Å². The minimum Gasteiger partial charge on any atom is -0.452 e. The summed E-state index contributed by atoms with van der Waals surface area (Å²) in [4.78, 5) is 41.0. The van der Waals surface area contributed by atoms with Gasteiger partial charge in [-0.15, -0.1) is 0 Å². The third kappa shape index (κ3) is 2.50. The number of para-hydroxylation sites is 2. The molecule has 0 aliphatic rings. The number of fused-ring (bicyclic) bond motifs is 1. The normalized spacial score (nSPS) is 10.3. The highest BCUT2D eigenvalue weighted by atomic mass is 16.5. The summed E-state index contributed by atoms with van der Waals surface area (Å²) < 4.78 is 10.4. The van der Waals surface area contributed by atoms with Crippen molar-refractivity contribution in [3.05, 3.63) is 24.3 Å². The van der Waals surface area contributed by atoms with Crippen molar-refractivity contribution in [1.29, 1.82) is 0 Å². The molecule has 0 N–H and O–H groups in total.